The lowest BCUT2D eigenvalue weighted by Crippen LogP contribution is -2.34. The van der Waals surface area contributed by atoms with Crippen molar-refractivity contribution in [1.29, 1.82) is 0 Å². The van der Waals surface area contributed by atoms with Crippen LogP contribution >= 0.6 is 22.6 Å². The van der Waals surface area contributed by atoms with Crippen LogP contribution in [-0.4, -0.2) is 28.8 Å². The van der Waals surface area contributed by atoms with Crippen LogP contribution in [0.2, 0.25) is 0 Å². The first-order chi connectivity index (χ1) is 6.77. The number of hydrogen-bond donors (Lipinski definition) is 0. The predicted octanol–water partition coefficient (Wildman–Crippen LogP) is 1.25. The zero-order chi connectivity index (χ0) is 9.97. The van der Waals surface area contributed by atoms with Crippen LogP contribution in [0.4, 0.5) is 5.82 Å². The van der Waals surface area contributed by atoms with Crippen LogP contribution in [0.3, 0.4) is 0 Å². The van der Waals surface area contributed by atoms with E-state index in [0.717, 1.165) is 22.5 Å². The van der Waals surface area contributed by atoms with Crippen LogP contribution in [0.15, 0.2) is 12.5 Å². The van der Waals surface area contributed by atoms with Crippen LogP contribution in [0.1, 0.15) is 12.8 Å². The molecule has 0 aliphatic carbocycles. The summed E-state index contributed by atoms with van der Waals surface area (Å²) in [6.45, 7) is 1.57. The van der Waals surface area contributed by atoms with E-state index in [-0.39, 0.29) is 0 Å². The van der Waals surface area contributed by atoms with E-state index in [2.05, 4.69) is 37.5 Å². The molecule has 0 unspecified atom stereocenters. The third-order valence-electron chi connectivity index (χ3n) is 2.27. The van der Waals surface area contributed by atoms with Gasteiger partial charge in [0.2, 0.25) is 0 Å². The third-order valence-corrected chi connectivity index (χ3v) is 3.03. The molecule has 1 saturated heterocycles. The Labute approximate surface area is 95.9 Å². The molecule has 0 N–H and O–H groups in total. The summed E-state index contributed by atoms with van der Waals surface area (Å²) in [5.41, 5.74) is 0. The number of Topliss-reactive ketones (excluding diaryl/α,β-unsaturated/α-hetero) is 1. The van der Waals surface area contributed by atoms with E-state index in [9.17, 15) is 4.79 Å². The quantitative estimate of drug-likeness (QED) is 0.733. The van der Waals surface area contributed by atoms with E-state index >= 15 is 0 Å². The van der Waals surface area contributed by atoms with Crippen LogP contribution in [0, 0.1) is 3.57 Å². The lowest BCUT2D eigenvalue weighted by atomic mass is 10.1. The number of ketones is 1. The Hall–Kier alpha value is -0.720. The molecule has 14 heavy (non-hydrogen) atoms. The highest BCUT2D eigenvalue weighted by Crippen LogP contribution is 2.20. The molecular weight excluding hydrogens is 293 g/mol. The van der Waals surface area contributed by atoms with Crippen LogP contribution in [-0.2, 0) is 4.79 Å². The highest BCUT2D eigenvalue weighted by molar-refractivity contribution is 14.1. The smallest absolute Gasteiger partial charge is 0.145 e. The summed E-state index contributed by atoms with van der Waals surface area (Å²) in [7, 11) is 0. The molecule has 0 radical (unpaired) electrons. The van der Waals surface area contributed by atoms with Gasteiger partial charge in [0.05, 0.1) is 3.57 Å². The van der Waals surface area contributed by atoms with Crippen LogP contribution in [0.5, 0.6) is 0 Å². The van der Waals surface area contributed by atoms with Crippen LogP contribution < -0.4 is 4.90 Å². The van der Waals surface area contributed by atoms with Crippen molar-refractivity contribution < 1.29 is 4.79 Å². The first-order valence-electron chi connectivity index (χ1n) is 4.49. The molecule has 1 aromatic rings. The fraction of sp³-hybridized carbons (Fsp3) is 0.444. The van der Waals surface area contributed by atoms with E-state index in [1.807, 2.05) is 0 Å². The molecule has 1 aliphatic rings. The molecule has 1 fully saturated rings. The Kier molecular flexibility index (Phi) is 2.95. The maximum Gasteiger partial charge on any atom is 0.145 e. The SMILES string of the molecule is O=C1CCN(c2ncncc2I)CC1. The topological polar surface area (TPSA) is 46.1 Å². The van der Waals surface area contributed by atoms with Gasteiger partial charge >= 0.3 is 0 Å². The van der Waals surface area contributed by atoms with Crippen LogP contribution in [0.25, 0.3) is 0 Å². The lowest BCUT2D eigenvalue weighted by molar-refractivity contribution is -0.119. The molecule has 0 aromatic carbocycles. The number of aromatic nitrogens is 2. The Balaban J connectivity index is 2.16. The van der Waals surface area contributed by atoms with Gasteiger partial charge in [-0.05, 0) is 22.6 Å². The zero-order valence-corrected chi connectivity index (χ0v) is 9.77. The summed E-state index contributed by atoms with van der Waals surface area (Å²) in [6, 6.07) is 0. The normalized spacial score (nSPS) is 17.2. The largest absolute Gasteiger partial charge is 0.355 e. The molecule has 0 atom stereocenters. The zero-order valence-electron chi connectivity index (χ0n) is 7.61. The molecular formula is C9H10IN3O. The van der Waals surface area contributed by atoms with Gasteiger partial charge in [-0.2, -0.15) is 0 Å². The summed E-state index contributed by atoms with van der Waals surface area (Å²) in [6.07, 6.45) is 4.62. The van der Waals surface area contributed by atoms with Crippen molar-refractivity contribution in [3.05, 3.63) is 16.1 Å². The summed E-state index contributed by atoms with van der Waals surface area (Å²) >= 11 is 2.22. The fourth-order valence-corrected chi connectivity index (χ4v) is 2.15. The third kappa shape index (κ3) is 2.02. The maximum absolute atomic E-state index is 11.1. The number of carbonyl (C=O) groups excluding carboxylic acids is 1. The number of halogens is 1. The average Bonchev–Trinajstić information content (AvgIpc) is 2.20. The highest BCUT2D eigenvalue weighted by Gasteiger charge is 2.18. The molecule has 1 aromatic heterocycles. The molecule has 0 saturated carbocycles. The predicted molar refractivity (Wildman–Crippen MR) is 61.2 cm³/mol. The standard InChI is InChI=1S/C9H10IN3O/c10-8-5-11-6-12-9(8)13-3-1-7(14)2-4-13/h5-6H,1-4H2. The summed E-state index contributed by atoms with van der Waals surface area (Å²) in [5, 5.41) is 0. The van der Waals surface area contributed by atoms with Crippen molar-refractivity contribution >= 4 is 34.2 Å². The van der Waals surface area contributed by atoms with Gasteiger partial charge in [-0.15, -0.1) is 0 Å². The number of rotatable bonds is 1. The minimum Gasteiger partial charge on any atom is -0.355 e. The molecule has 2 rings (SSSR count). The highest BCUT2D eigenvalue weighted by atomic mass is 127. The second-order valence-corrected chi connectivity index (χ2v) is 4.38. The molecule has 0 bridgehead atoms. The number of carbonyl (C=O) groups is 1. The molecule has 5 heteroatoms. The lowest BCUT2D eigenvalue weighted by Gasteiger charge is -2.27. The van der Waals surface area contributed by atoms with Crippen molar-refractivity contribution in [2.24, 2.45) is 0 Å². The van der Waals surface area contributed by atoms with Crippen molar-refractivity contribution in [2.75, 3.05) is 18.0 Å². The monoisotopic (exact) mass is 303 g/mol. The number of nitrogens with zero attached hydrogens (tertiary/aromatic N) is 3. The van der Waals surface area contributed by atoms with Crippen molar-refractivity contribution in [2.45, 2.75) is 12.8 Å². The summed E-state index contributed by atoms with van der Waals surface area (Å²) < 4.78 is 1.04. The first-order valence-corrected chi connectivity index (χ1v) is 5.57. The summed E-state index contributed by atoms with van der Waals surface area (Å²) in [4.78, 5) is 21.4. The van der Waals surface area contributed by atoms with Gasteiger partial charge in [0.1, 0.15) is 17.9 Å². The Bertz CT molecular complexity index is 346. The van der Waals surface area contributed by atoms with E-state index in [4.69, 9.17) is 0 Å². The molecule has 0 spiro atoms. The van der Waals surface area contributed by atoms with Gasteiger partial charge in [-0.3, -0.25) is 4.79 Å². The Morgan fingerprint density at radius 1 is 1.36 bits per heavy atom. The van der Waals surface area contributed by atoms with Crippen molar-refractivity contribution in [3.63, 3.8) is 0 Å². The second-order valence-electron chi connectivity index (χ2n) is 3.22. The number of hydrogen-bond acceptors (Lipinski definition) is 4. The Morgan fingerprint density at radius 3 is 2.71 bits per heavy atom. The van der Waals surface area contributed by atoms with Gasteiger partial charge in [0, 0.05) is 32.1 Å². The van der Waals surface area contributed by atoms with E-state index in [0.29, 0.717) is 18.6 Å². The molecule has 4 nitrogen and oxygen atoms in total. The first kappa shape index (κ1) is 9.82. The van der Waals surface area contributed by atoms with Gasteiger partial charge in [0.25, 0.3) is 0 Å². The van der Waals surface area contributed by atoms with E-state index in [1.54, 1.807) is 12.5 Å². The van der Waals surface area contributed by atoms with Gasteiger partial charge < -0.3 is 4.90 Å². The molecule has 0 amide bonds. The minimum absolute atomic E-state index is 0.352. The van der Waals surface area contributed by atoms with E-state index < -0.39 is 0 Å². The van der Waals surface area contributed by atoms with Crippen molar-refractivity contribution in [3.8, 4) is 0 Å². The maximum atomic E-state index is 11.1. The second kappa shape index (κ2) is 4.20. The van der Waals surface area contributed by atoms with Crippen molar-refractivity contribution in [1.82, 2.24) is 9.97 Å². The number of piperidine rings is 1. The fourth-order valence-electron chi connectivity index (χ4n) is 1.51. The minimum atomic E-state index is 0.352. The average molecular weight is 303 g/mol. The van der Waals surface area contributed by atoms with Gasteiger partial charge in [-0.25, -0.2) is 9.97 Å². The van der Waals surface area contributed by atoms with E-state index in [1.165, 1.54) is 0 Å². The number of anilines is 1. The summed E-state index contributed by atoms with van der Waals surface area (Å²) in [5.74, 6) is 1.30. The molecule has 2 heterocycles. The van der Waals surface area contributed by atoms with Gasteiger partial charge in [0.15, 0.2) is 0 Å². The Morgan fingerprint density at radius 2 is 2.07 bits per heavy atom. The van der Waals surface area contributed by atoms with Gasteiger partial charge in [-0.1, -0.05) is 0 Å². The molecule has 1 aliphatic heterocycles. The molecule has 74 valence electrons.